The summed E-state index contributed by atoms with van der Waals surface area (Å²) in [7, 11) is 0. The average molecular weight is 179 g/mol. The molecule has 0 saturated carbocycles. The topological polar surface area (TPSA) is 58.3 Å². The number of hydrogen-bond acceptors (Lipinski definition) is 3. The van der Waals surface area contributed by atoms with Crippen LogP contribution in [-0.4, -0.2) is 5.11 Å². The zero-order valence-electron chi connectivity index (χ0n) is 5.54. The normalized spacial score (nSPS) is 8.55. The molecule has 5 heteroatoms. The number of rotatable bonds is 1. The Bertz CT molecular complexity index is 244. The Labute approximate surface area is 69.4 Å². The van der Waals surface area contributed by atoms with Crippen molar-refractivity contribution in [1.82, 2.24) is 0 Å². The SMILES string of the molecule is Cl.NNc1cccc(F)c1O. The number of benzene rings is 1. The van der Waals surface area contributed by atoms with Gasteiger partial charge in [0.15, 0.2) is 11.6 Å². The predicted octanol–water partition coefficient (Wildman–Crippen LogP) is 1.24. The van der Waals surface area contributed by atoms with Crippen LogP contribution in [0.2, 0.25) is 0 Å². The zero-order valence-corrected chi connectivity index (χ0v) is 6.36. The Morgan fingerprint density at radius 1 is 1.45 bits per heavy atom. The molecule has 0 aromatic heterocycles. The van der Waals surface area contributed by atoms with Crippen LogP contribution in [-0.2, 0) is 0 Å². The van der Waals surface area contributed by atoms with Crippen molar-refractivity contribution in [1.29, 1.82) is 0 Å². The van der Waals surface area contributed by atoms with Crippen molar-refractivity contribution in [2.24, 2.45) is 5.84 Å². The second-order valence-corrected chi connectivity index (χ2v) is 1.78. The van der Waals surface area contributed by atoms with Gasteiger partial charge in [0.2, 0.25) is 0 Å². The third-order valence-corrected chi connectivity index (χ3v) is 1.14. The van der Waals surface area contributed by atoms with Gasteiger partial charge in [0.1, 0.15) is 0 Å². The van der Waals surface area contributed by atoms with Gasteiger partial charge in [-0.05, 0) is 12.1 Å². The van der Waals surface area contributed by atoms with E-state index in [-0.39, 0.29) is 18.1 Å². The summed E-state index contributed by atoms with van der Waals surface area (Å²) >= 11 is 0. The number of nitrogen functional groups attached to an aromatic ring is 1. The molecule has 0 fully saturated rings. The summed E-state index contributed by atoms with van der Waals surface area (Å²) in [6, 6.07) is 4.07. The van der Waals surface area contributed by atoms with Gasteiger partial charge in [-0.25, -0.2) is 4.39 Å². The van der Waals surface area contributed by atoms with E-state index >= 15 is 0 Å². The van der Waals surface area contributed by atoms with Gasteiger partial charge in [-0.1, -0.05) is 6.07 Å². The molecule has 0 bridgehead atoms. The lowest BCUT2D eigenvalue weighted by Crippen LogP contribution is -2.06. The average Bonchev–Trinajstić information content (AvgIpc) is 1.95. The lowest BCUT2D eigenvalue weighted by Gasteiger charge is -2.01. The van der Waals surface area contributed by atoms with E-state index in [1.807, 2.05) is 0 Å². The molecule has 0 spiro atoms. The first-order chi connectivity index (χ1) is 4.75. The van der Waals surface area contributed by atoms with Crippen LogP contribution >= 0.6 is 12.4 Å². The summed E-state index contributed by atoms with van der Waals surface area (Å²) in [6.07, 6.45) is 0. The largest absolute Gasteiger partial charge is 0.503 e. The van der Waals surface area contributed by atoms with E-state index in [0.717, 1.165) is 6.07 Å². The quantitative estimate of drug-likeness (QED) is 0.345. The molecule has 0 aliphatic rings. The fourth-order valence-electron chi connectivity index (χ4n) is 0.632. The van der Waals surface area contributed by atoms with Crippen molar-refractivity contribution >= 4 is 18.1 Å². The smallest absolute Gasteiger partial charge is 0.176 e. The minimum absolute atomic E-state index is 0. The number of phenols is 1. The fraction of sp³-hybridized carbons (Fsp3) is 0. The molecule has 0 aliphatic carbocycles. The summed E-state index contributed by atoms with van der Waals surface area (Å²) in [5.41, 5.74) is 2.33. The first-order valence-corrected chi connectivity index (χ1v) is 2.70. The number of nitrogens with two attached hydrogens (primary N) is 1. The lowest BCUT2D eigenvalue weighted by molar-refractivity contribution is 0.434. The van der Waals surface area contributed by atoms with Crippen LogP contribution in [0.15, 0.2) is 18.2 Å². The molecule has 1 aromatic rings. The molecule has 11 heavy (non-hydrogen) atoms. The molecule has 0 amide bonds. The number of para-hydroxylation sites is 1. The fourth-order valence-corrected chi connectivity index (χ4v) is 0.632. The van der Waals surface area contributed by atoms with Crippen LogP contribution in [0.5, 0.6) is 5.75 Å². The molecule has 1 rings (SSSR count). The number of phenolic OH excluding ortho intramolecular Hbond substituents is 1. The highest BCUT2D eigenvalue weighted by atomic mass is 35.5. The molecule has 0 aliphatic heterocycles. The summed E-state index contributed by atoms with van der Waals surface area (Å²) in [6.45, 7) is 0. The third kappa shape index (κ3) is 1.96. The van der Waals surface area contributed by atoms with E-state index in [0.29, 0.717) is 0 Å². The van der Waals surface area contributed by atoms with Crippen molar-refractivity contribution in [3.63, 3.8) is 0 Å². The number of aromatic hydroxyl groups is 1. The monoisotopic (exact) mass is 178 g/mol. The predicted molar refractivity (Wildman–Crippen MR) is 43.1 cm³/mol. The maximum atomic E-state index is 12.4. The molecule has 62 valence electrons. The highest BCUT2D eigenvalue weighted by molar-refractivity contribution is 5.85. The molecule has 4 N–H and O–H groups in total. The molecule has 1 aromatic carbocycles. The number of halogens is 2. The van der Waals surface area contributed by atoms with E-state index in [2.05, 4.69) is 5.43 Å². The standard InChI is InChI=1S/C6H7FN2O.ClH/c7-4-2-1-3-5(9-8)6(4)10;/h1-3,9-10H,8H2;1H. The minimum Gasteiger partial charge on any atom is -0.503 e. The van der Waals surface area contributed by atoms with Crippen LogP contribution in [0, 0.1) is 5.82 Å². The van der Waals surface area contributed by atoms with E-state index in [1.54, 1.807) is 0 Å². The number of nitrogens with one attached hydrogen (secondary N) is 1. The van der Waals surface area contributed by atoms with Crippen LogP contribution in [0.25, 0.3) is 0 Å². The van der Waals surface area contributed by atoms with Crippen LogP contribution < -0.4 is 11.3 Å². The molecule has 0 unspecified atom stereocenters. The van der Waals surface area contributed by atoms with Crippen molar-refractivity contribution < 1.29 is 9.50 Å². The molecule has 0 saturated heterocycles. The molecule has 0 atom stereocenters. The number of hydrazine groups is 1. The van der Waals surface area contributed by atoms with Crippen molar-refractivity contribution in [2.45, 2.75) is 0 Å². The third-order valence-electron chi connectivity index (χ3n) is 1.14. The summed E-state index contributed by atoms with van der Waals surface area (Å²) in [4.78, 5) is 0. The first kappa shape index (κ1) is 10.0. The van der Waals surface area contributed by atoms with E-state index in [1.165, 1.54) is 12.1 Å². The minimum atomic E-state index is -0.685. The highest BCUT2D eigenvalue weighted by Gasteiger charge is 2.02. The van der Waals surface area contributed by atoms with E-state index < -0.39 is 11.6 Å². The maximum Gasteiger partial charge on any atom is 0.176 e. The van der Waals surface area contributed by atoms with E-state index in [9.17, 15) is 4.39 Å². The van der Waals surface area contributed by atoms with Crippen molar-refractivity contribution in [3.8, 4) is 5.75 Å². The molecule has 0 heterocycles. The van der Waals surface area contributed by atoms with Gasteiger partial charge in [-0.15, -0.1) is 12.4 Å². The van der Waals surface area contributed by atoms with Crippen LogP contribution in [0.1, 0.15) is 0 Å². The molecule has 3 nitrogen and oxygen atoms in total. The highest BCUT2D eigenvalue weighted by Crippen LogP contribution is 2.24. The maximum absolute atomic E-state index is 12.4. The second-order valence-electron chi connectivity index (χ2n) is 1.78. The van der Waals surface area contributed by atoms with Gasteiger partial charge in [-0.3, -0.25) is 5.84 Å². The summed E-state index contributed by atoms with van der Waals surface area (Å²) < 4.78 is 12.4. The van der Waals surface area contributed by atoms with Crippen LogP contribution in [0.3, 0.4) is 0 Å². The summed E-state index contributed by atoms with van der Waals surface area (Å²) in [5.74, 6) is 3.80. The van der Waals surface area contributed by atoms with Gasteiger partial charge in [0.25, 0.3) is 0 Å². The lowest BCUT2D eigenvalue weighted by atomic mass is 10.3. The van der Waals surface area contributed by atoms with Gasteiger partial charge in [-0.2, -0.15) is 0 Å². The van der Waals surface area contributed by atoms with Crippen LogP contribution in [0.4, 0.5) is 10.1 Å². The Kier molecular flexibility index (Phi) is 3.64. The van der Waals surface area contributed by atoms with Crippen molar-refractivity contribution in [3.05, 3.63) is 24.0 Å². The van der Waals surface area contributed by atoms with Gasteiger partial charge in [0.05, 0.1) is 5.69 Å². The Morgan fingerprint density at radius 3 is 2.55 bits per heavy atom. The van der Waals surface area contributed by atoms with Gasteiger partial charge in [0, 0.05) is 0 Å². The zero-order chi connectivity index (χ0) is 7.56. The first-order valence-electron chi connectivity index (χ1n) is 2.70. The van der Waals surface area contributed by atoms with Gasteiger partial charge >= 0.3 is 0 Å². The molecule has 0 radical (unpaired) electrons. The Hall–Kier alpha value is -1.00. The number of anilines is 1. The van der Waals surface area contributed by atoms with E-state index in [4.69, 9.17) is 10.9 Å². The van der Waals surface area contributed by atoms with Gasteiger partial charge < -0.3 is 10.5 Å². The number of hydrogen-bond donors (Lipinski definition) is 3. The molecular weight excluding hydrogens is 171 g/mol. The molecular formula is C6H8ClFN2O. The second kappa shape index (κ2) is 4.00. The summed E-state index contributed by atoms with van der Waals surface area (Å²) in [5, 5.41) is 8.88. The Balaban J connectivity index is 0.000001000. The Morgan fingerprint density at radius 2 is 2.09 bits per heavy atom. The van der Waals surface area contributed by atoms with Crippen molar-refractivity contribution in [2.75, 3.05) is 5.43 Å².